The molecule has 19 heavy (non-hydrogen) atoms. The van der Waals surface area contributed by atoms with Crippen molar-refractivity contribution >= 4 is 33.5 Å². The van der Waals surface area contributed by atoms with Gasteiger partial charge in [-0.05, 0) is 32.0 Å². The lowest BCUT2D eigenvalue weighted by molar-refractivity contribution is -0.147. The van der Waals surface area contributed by atoms with Crippen molar-refractivity contribution in [3.8, 4) is 0 Å². The number of benzene rings is 1. The minimum absolute atomic E-state index is 0.0569. The van der Waals surface area contributed by atoms with Crippen LogP contribution in [-0.4, -0.2) is 24.5 Å². The number of hydrogen-bond donors (Lipinski definition) is 0. The normalized spacial score (nSPS) is 21.6. The Morgan fingerprint density at radius 3 is 2.74 bits per heavy atom. The Hall–Kier alpha value is -1.36. The fourth-order valence-electron chi connectivity index (χ4n) is 2.60. The molecule has 1 heterocycles. The zero-order valence-corrected chi connectivity index (χ0v) is 12.7. The van der Waals surface area contributed by atoms with Crippen molar-refractivity contribution in [1.82, 2.24) is 0 Å². The van der Waals surface area contributed by atoms with Gasteiger partial charge >= 0.3 is 5.97 Å². The third kappa shape index (κ3) is 2.39. The predicted molar refractivity (Wildman–Crippen MR) is 75.8 cm³/mol. The van der Waals surface area contributed by atoms with Gasteiger partial charge in [-0.1, -0.05) is 22.0 Å². The summed E-state index contributed by atoms with van der Waals surface area (Å²) in [7, 11) is 1.35. The largest absolute Gasteiger partial charge is 0.469 e. The summed E-state index contributed by atoms with van der Waals surface area (Å²) in [5.41, 5.74) is 0.195. The Balaban J connectivity index is 2.41. The first-order valence-electron chi connectivity index (χ1n) is 6.04. The average Bonchev–Trinajstić information content (AvgIpc) is 2.58. The van der Waals surface area contributed by atoms with E-state index in [1.807, 2.05) is 38.1 Å². The third-order valence-electron chi connectivity index (χ3n) is 3.61. The topological polar surface area (TPSA) is 46.6 Å². The molecule has 0 N–H and O–H groups in total. The van der Waals surface area contributed by atoms with Crippen LogP contribution in [0.15, 0.2) is 28.7 Å². The highest BCUT2D eigenvalue weighted by Crippen LogP contribution is 2.40. The number of anilines is 1. The zero-order valence-electron chi connectivity index (χ0n) is 11.1. The van der Waals surface area contributed by atoms with Crippen LogP contribution in [0.2, 0.25) is 0 Å². The van der Waals surface area contributed by atoms with E-state index in [2.05, 4.69) is 15.9 Å². The van der Waals surface area contributed by atoms with E-state index in [4.69, 9.17) is 4.74 Å². The maximum atomic E-state index is 12.2. The van der Waals surface area contributed by atoms with Crippen molar-refractivity contribution in [3.63, 3.8) is 0 Å². The Morgan fingerprint density at radius 1 is 1.47 bits per heavy atom. The molecule has 102 valence electrons. The van der Waals surface area contributed by atoms with Crippen molar-refractivity contribution in [2.45, 2.75) is 25.8 Å². The number of hydrogen-bond acceptors (Lipinski definition) is 3. The van der Waals surface area contributed by atoms with E-state index >= 15 is 0 Å². The average molecular weight is 326 g/mol. The summed E-state index contributed by atoms with van der Waals surface area (Å²) in [4.78, 5) is 25.7. The number of esters is 1. The summed E-state index contributed by atoms with van der Waals surface area (Å²) in [6.45, 7) is 3.78. The molecule has 1 fully saturated rings. The molecular formula is C14H16BrNO3. The molecular weight excluding hydrogens is 310 g/mol. The van der Waals surface area contributed by atoms with Crippen LogP contribution in [0.3, 0.4) is 0 Å². The standard InChI is InChI=1S/C14H16BrNO3/c1-14(2)11(13(18)19-3)8-12(17)16(14)10-6-4-5-9(15)7-10/h4-7,11H,8H2,1-3H3. The molecule has 4 nitrogen and oxygen atoms in total. The van der Waals surface area contributed by atoms with E-state index in [1.54, 1.807) is 4.90 Å². The predicted octanol–water partition coefficient (Wildman–Crippen LogP) is 2.75. The van der Waals surface area contributed by atoms with E-state index in [0.717, 1.165) is 10.2 Å². The van der Waals surface area contributed by atoms with Crippen LogP contribution < -0.4 is 4.90 Å². The molecule has 5 heteroatoms. The third-order valence-corrected chi connectivity index (χ3v) is 4.10. The zero-order chi connectivity index (χ0) is 14.2. The Morgan fingerprint density at radius 2 is 2.16 bits per heavy atom. The van der Waals surface area contributed by atoms with Gasteiger partial charge in [-0.15, -0.1) is 0 Å². The lowest BCUT2D eigenvalue weighted by Crippen LogP contribution is -2.46. The first-order chi connectivity index (χ1) is 8.87. The Bertz CT molecular complexity index is 527. The number of amides is 1. The molecule has 1 saturated heterocycles. The summed E-state index contributed by atoms with van der Waals surface area (Å²) in [6.07, 6.45) is 0.187. The molecule has 1 aromatic carbocycles. The van der Waals surface area contributed by atoms with Crippen molar-refractivity contribution in [2.24, 2.45) is 5.92 Å². The molecule has 2 rings (SSSR count). The number of carbonyl (C=O) groups is 2. The first kappa shape index (κ1) is 14.1. The number of halogens is 1. The number of methoxy groups -OCH3 is 1. The van der Waals surface area contributed by atoms with Gasteiger partial charge in [0.25, 0.3) is 0 Å². The van der Waals surface area contributed by atoms with Crippen molar-refractivity contribution < 1.29 is 14.3 Å². The second-order valence-corrected chi connectivity index (χ2v) is 6.06. The molecule has 1 unspecified atom stereocenters. The molecule has 1 aliphatic heterocycles. The SMILES string of the molecule is COC(=O)C1CC(=O)N(c2cccc(Br)c2)C1(C)C. The van der Waals surface area contributed by atoms with Gasteiger partial charge in [0.1, 0.15) is 0 Å². The summed E-state index contributed by atoms with van der Waals surface area (Å²) in [5, 5.41) is 0. The van der Waals surface area contributed by atoms with Crippen LogP contribution in [-0.2, 0) is 14.3 Å². The molecule has 0 aromatic heterocycles. The van der Waals surface area contributed by atoms with Crippen LogP contribution in [0, 0.1) is 5.92 Å². The molecule has 1 amide bonds. The van der Waals surface area contributed by atoms with Crippen molar-refractivity contribution in [3.05, 3.63) is 28.7 Å². The molecule has 1 aromatic rings. The van der Waals surface area contributed by atoms with E-state index < -0.39 is 11.5 Å². The van der Waals surface area contributed by atoms with Crippen molar-refractivity contribution in [1.29, 1.82) is 0 Å². The molecule has 0 spiro atoms. The molecule has 0 aliphatic carbocycles. The van der Waals surface area contributed by atoms with Gasteiger partial charge in [0.2, 0.25) is 5.91 Å². The van der Waals surface area contributed by atoms with Crippen LogP contribution in [0.5, 0.6) is 0 Å². The van der Waals surface area contributed by atoms with Crippen LogP contribution in [0.25, 0.3) is 0 Å². The molecule has 1 atom stereocenters. The Labute approximate surface area is 120 Å². The maximum Gasteiger partial charge on any atom is 0.311 e. The highest BCUT2D eigenvalue weighted by atomic mass is 79.9. The fraction of sp³-hybridized carbons (Fsp3) is 0.429. The summed E-state index contributed by atoms with van der Waals surface area (Å²) in [6, 6.07) is 7.51. The monoisotopic (exact) mass is 325 g/mol. The van der Waals surface area contributed by atoms with Crippen molar-refractivity contribution in [2.75, 3.05) is 12.0 Å². The van der Waals surface area contributed by atoms with Gasteiger partial charge in [-0.25, -0.2) is 0 Å². The minimum atomic E-state index is -0.592. The molecule has 1 aliphatic rings. The minimum Gasteiger partial charge on any atom is -0.469 e. The van der Waals surface area contributed by atoms with E-state index in [1.165, 1.54) is 7.11 Å². The second kappa shape index (κ2) is 4.96. The highest BCUT2D eigenvalue weighted by Gasteiger charge is 2.51. The number of ether oxygens (including phenoxy) is 1. The Kier molecular flexibility index (Phi) is 3.67. The molecule has 0 saturated carbocycles. The highest BCUT2D eigenvalue weighted by molar-refractivity contribution is 9.10. The van der Waals surface area contributed by atoms with Gasteiger partial charge in [0.15, 0.2) is 0 Å². The number of rotatable bonds is 2. The van der Waals surface area contributed by atoms with Crippen LogP contribution in [0.1, 0.15) is 20.3 Å². The summed E-state index contributed by atoms with van der Waals surface area (Å²) < 4.78 is 5.70. The van der Waals surface area contributed by atoms with Gasteiger partial charge in [-0.2, -0.15) is 0 Å². The maximum absolute atomic E-state index is 12.2. The van der Waals surface area contributed by atoms with Gasteiger partial charge < -0.3 is 9.64 Å². The molecule has 0 bridgehead atoms. The second-order valence-electron chi connectivity index (χ2n) is 5.14. The molecule has 0 radical (unpaired) electrons. The van der Waals surface area contributed by atoms with Crippen LogP contribution in [0.4, 0.5) is 5.69 Å². The van der Waals surface area contributed by atoms with Gasteiger partial charge in [0, 0.05) is 16.6 Å². The fourth-order valence-corrected chi connectivity index (χ4v) is 2.99. The lowest BCUT2D eigenvalue weighted by atomic mass is 9.88. The van der Waals surface area contributed by atoms with E-state index in [-0.39, 0.29) is 18.3 Å². The quantitative estimate of drug-likeness (QED) is 0.785. The summed E-state index contributed by atoms with van der Waals surface area (Å²) in [5.74, 6) is -0.835. The smallest absolute Gasteiger partial charge is 0.311 e. The van der Waals surface area contributed by atoms with E-state index in [0.29, 0.717) is 0 Å². The van der Waals surface area contributed by atoms with E-state index in [9.17, 15) is 9.59 Å². The van der Waals surface area contributed by atoms with Gasteiger partial charge in [0.05, 0.1) is 18.6 Å². The number of nitrogens with zero attached hydrogens (tertiary/aromatic N) is 1. The summed E-state index contributed by atoms with van der Waals surface area (Å²) >= 11 is 3.39. The lowest BCUT2D eigenvalue weighted by Gasteiger charge is -2.34. The van der Waals surface area contributed by atoms with Crippen LogP contribution >= 0.6 is 15.9 Å². The number of carbonyl (C=O) groups excluding carboxylic acids is 2. The first-order valence-corrected chi connectivity index (χ1v) is 6.83. The van der Waals surface area contributed by atoms with Gasteiger partial charge in [-0.3, -0.25) is 9.59 Å².